The summed E-state index contributed by atoms with van der Waals surface area (Å²) < 4.78 is 4.73. The van der Waals surface area contributed by atoms with Gasteiger partial charge in [-0.1, -0.05) is 33.6 Å². The average molecular weight is 297 g/mol. The molecule has 0 bridgehead atoms. The molecule has 4 nitrogen and oxygen atoms in total. The number of rotatable bonds is 7. The summed E-state index contributed by atoms with van der Waals surface area (Å²) in [6.45, 7) is 6.86. The Labute approximate surface area is 129 Å². The molecule has 0 aliphatic heterocycles. The summed E-state index contributed by atoms with van der Waals surface area (Å²) in [6, 6.07) is 0.288. The van der Waals surface area contributed by atoms with Crippen LogP contribution in [0, 0.1) is 11.8 Å². The molecular formula is C17H31NO3. The molecule has 0 N–H and O–H groups in total. The minimum Gasteiger partial charge on any atom is -0.469 e. The topological polar surface area (TPSA) is 46.6 Å². The minimum absolute atomic E-state index is 0.0803. The summed E-state index contributed by atoms with van der Waals surface area (Å²) in [5, 5.41) is 0. The van der Waals surface area contributed by atoms with Gasteiger partial charge in [-0.25, -0.2) is 0 Å². The molecule has 0 aromatic heterocycles. The number of methoxy groups -OCH3 is 1. The van der Waals surface area contributed by atoms with Gasteiger partial charge in [-0.3, -0.25) is 9.59 Å². The fourth-order valence-corrected chi connectivity index (χ4v) is 3.39. The molecule has 1 amide bonds. The predicted octanol–water partition coefficient (Wildman–Crippen LogP) is 3.39. The molecule has 21 heavy (non-hydrogen) atoms. The second-order valence-corrected chi connectivity index (χ2v) is 6.20. The van der Waals surface area contributed by atoms with Crippen molar-refractivity contribution in [3.05, 3.63) is 0 Å². The first-order chi connectivity index (χ1) is 10.0. The number of ether oxygens (including phenoxy) is 1. The van der Waals surface area contributed by atoms with Gasteiger partial charge in [-0.15, -0.1) is 0 Å². The highest BCUT2D eigenvalue weighted by atomic mass is 16.5. The Balaban J connectivity index is 2.82. The zero-order valence-corrected chi connectivity index (χ0v) is 14.1. The Kier molecular flexibility index (Phi) is 7.76. The van der Waals surface area contributed by atoms with E-state index in [4.69, 9.17) is 4.74 Å². The molecule has 0 spiro atoms. The van der Waals surface area contributed by atoms with Crippen molar-refractivity contribution in [2.24, 2.45) is 11.8 Å². The lowest BCUT2D eigenvalue weighted by Crippen LogP contribution is -2.48. The molecule has 1 saturated carbocycles. The van der Waals surface area contributed by atoms with Crippen LogP contribution in [0.2, 0.25) is 0 Å². The molecule has 0 aromatic carbocycles. The Hall–Kier alpha value is -1.06. The smallest absolute Gasteiger partial charge is 0.307 e. The van der Waals surface area contributed by atoms with Crippen LogP contribution >= 0.6 is 0 Å². The average Bonchev–Trinajstić information content (AvgIpc) is 2.50. The van der Waals surface area contributed by atoms with E-state index < -0.39 is 0 Å². The van der Waals surface area contributed by atoms with Gasteiger partial charge >= 0.3 is 5.97 Å². The van der Waals surface area contributed by atoms with Gasteiger partial charge in [0.05, 0.1) is 13.5 Å². The SMILES string of the molecule is CCC(CC)C(=O)N(CCC(=O)OC)C1CCCCC1C. The first-order valence-corrected chi connectivity index (χ1v) is 8.42. The first-order valence-electron chi connectivity index (χ1n) is 8.42. The van der Waals surface area contributed by atoms with Crippen LogP contribution in [-0.4, -0.2) is 36.5 Å². The molecule has 1 aliphatic carbocycles. The van der Waals surface area contributed by atoms with Crippen molar-refractivity contribution < 1.29 is 14.3 Å². The largest absolute Gasteiger partial charge is 0.469 e. The lowest BCUT2D eigenvalue weighted by Gasteiger charge is -2.40. The number of carbonyl (C=O) groups excluding carboxylic acids is 2. The third kappa shape index (κ3) is 5.01. The van der Waals surface area contributed by atoms with Crippen molar-refractivity contribution in [1.82, 2.24) is 4.90 Å². The van der Waals surface area contributed by atoms with Gasteiger partial charge in [0.1, 0.15) is 0 Å². The molecule has 0 heterocycles. The summed E-state index contributed by atoms with van der Waals surface area (Å²) >= 11 is 0. The van der Waals surface area contributed by atoms with E-state index in [1.165, 1.54) is 26.4 Å². The summed E-state index contributed by atoms with van der Waals surface area (Å²) in [7, 11) is 1.40. The van der Waals surface area contributed by atoms with Gasteiger partial charge in [0.2, 0.25) is 5.91 Å². The maximum Gasteiger partial charge on any atom is 0.307 e. The normalized spacial score (nSPS) is 22.1. The molecule has 122 valence electrons. The Morgan fingerprint density at radius 1 is 1.19 bits per heavy atom. The van der Waals surface area contributed by atoms with E-state index in [1.807, 2.05) is 4.90 Å². The zero-order valence-electron chi connectivity index (χ0n) is 14.1. The molecular weight excluding hydrogens is 266 g/mol. The van der Waals surface area contributed by atoms with Gasteiger partial charge < -0.3 is 9.64 Å². The highest BCUT2D eigenvalue weighted by Gasteiger charge is 2.32. The fourth-order valence-electron chi connectivity index (χ4n) is 3.39. The molecule has 1 aliphatic rings. The molecule has 2 unspecified atom stereocenters. The molecule has 4 heteroatoms. The second-order valence-electron chi connectivity index (χ2n) is 6.20. The van der Waals surface area contributed by atoms with Crippen LogP contribution in [0.4, 0.5) is 0 Å². The standard InChI is InChI=1S/C17H31NO3/c1-5-14(6-2)17(20)18(12-11-16(19)21-4)15-10-8-7-9-13(15)3/h13-15H,5-12H2,1-4H3. The lowest BCUT2D eigenvalue weighted by molar-refractivity contribution is -0.144. The van der Waals surface area contributed by atoms with Crippen LogP contribution in [0.1, 0.15) is 65.7 Å². The van der Waals surface area contributed by atoms with Crippen LogP contribution in [0.25, 0.3) is 0 Å². The van der Waals surface area contributed by atoms with Crippen LogP contribution < -0.4 is 0 Å². The van der Waals surface area contributed by atoms with Crippen molar-refractivity contribution in [3.8, 4) is 0 Å². The van der Waals surface area contributed by atoms with E-state index in [9.17, 15) is 9.59 Å². The van der Waals surface area contributed by atoms with Gasteiger partial charge in [0.15, 0.2) is 0 Å². The number of hydrogen-bond donors (Lipinski definition) is 0. The number of carbonyl (C=O) groups is 2. The third-order valence-corrected chi connectivity index (χ3v) is 4.87. The van der Waals surface area contributed by atoms with Gasteiger partial charge in [-0.2, -0.15) is 0 Å². The zero-order chi connectivity index (χ0) is 15.8. The van der Waals surface area contributed by atoms with Crippen molar-refractivity contribution >= 4 is 11.9 Å². The van der Waals surface area contributed by atoms with Crippen molar-refractivity contribution in [2.45, 2.75) is 71.8 Å². The number of amides is 1. The van der Waals surface area contributed by atoms with Crippen LogP contribution in [0.3, 0.4) is 0 Å². The van der Waals surface area contributed by atoms with Crippen molar-refractivity contribution in [3.63, 3.8) is 0 Å². The van der Waals surface area contributed by atoms with Crippen molar-refractivity contribution in [2.75, 3.05) is 13.7 Å². The summed E-state index contributed by atoms with van der Waals surface area (Å²) in [4.78, 5) is 26.3. The highest BCUT2D eigenvalue weighted by Crippen LogP contribution is 2.30. The number of nitrogens with zero attached hydrogens (tertiary/aromatic N) is 1. The molecule has 0 radical (unpaired) electrons. The van der Waals surface area contributed by atoms with Crippen LogP contribution in [-0.2, 0) is 14.3 Å². The summed E-state index contributed by atoms with van der Waals surface area (Å²) in [5.74, 6) is 0.593. The monoisotopic (exact) mass is 297 g/mol. The first kappa shape index (κ1) is 18.0. The number of esters is 1. The van der Waals surface area contributed by atoms with E-state index in [2.05, 4.69) is 20.8 Å². The Morgan fingerprint density at radius 3 is 2.33 bits per heavy atom. The van der Waals surface area contributed by atoms with E-state index >= 15 is 0 Å². The quantitative estimate of drug-likeness (QED) is 0.677. The molecule has 2 atom stereocenters. The van der Waals surface area contributed by atoms with Crippen LogP contribution in [0.5, 0.6) is 0 Å². The lowest BCUT2D eigenvalue weighted by atomic mass is 9.84. The Morgan fingerprint density at radius 2 is 1.81 bits per heavy atom. The van der Waals surface area contributed by atoms with E-state index in [0.29, 0.717) is 18.9 Å². The van der Waals surface area contributed by atoms with E-state index in [0.717, 1.165) is 19.3 Å². The van der Waals surface area contributed by atoms with Gasteiger partial charge in [0.25, 0.3) is 0 Å². The van der Waals surface area contributed by atoms with E-state index in [1.54, 1.807) is 0 Å². The minimum atomic E-state index is -0.235. The van der Waals surface area contributed by atoms with Gasteiger partial charge in [0, 0.05) is 18.5 Å². The predicted molar refractivity (Wildman–Crippen MR) is 83.8 cm³/mol. The van der Waals surface area contributed by atoms with Crippen molar-refractivity contribution in [1.29, 1.82) is 0 Å². The molecule has 1 fully saturated rings. The molecule has 0 saturated heterocycles. The molecule has 1 rings (SSSR count). The maximum absolute atomic E-state index is 12.8. The third-order valence-electron chi connectivity index (χ3n) is 4.87. The Bertz CT molecular complexity index is 339. The maximum atomic E-state index is 12.8. The number of hydrogen-bond acceptors (Lipinski definition) is 3. The summed E-state index contributed by atoms with van der Waals surface area (Å²) in [6.07, 6.45) is 6.70. The molecule has 0 aromatic rings. The second kappa shape index (κ2) is 9.06. The summed E-state index contributed by atoms with van der Waals surface area (Å²) in [5.41, 5.74) is 0. The fraction of sp³-hybridized carbons (Fsp3) is 0.882. The van der Waals surface area contributed by atoms with Crippen LogP contribution in [0.15, 0.2) is 0 Å². The highest BCUT2D eigenvalue weighted by molar-refractivity contribution is 5.80. The van der Waals surface area contributed by atoms with E-state index in [-0.39, 0.29) is 23.8 Å². The van der Waals surface area contributed by atoms with Gasteiger partial charge in [-0.05, 0) is 31.6 Å².